The average Bonchev–Trinajstić information content (AvgIpc) is 3.39. The van der Waals surface area contributed by atoms with E-state index in [1.165, 1.54) is 98.7 Å². The number of hydrogen-bond acceptors (Lipinski definition) is 0. The number of fused-ring (bicyclic) bond motifs is 9. The molecule has 49 heavy (non-hydrogen) atoms. The van der Waals surface area contributed by atoms with Gasteiger partial charge < -0.3 is 0 Å². The second kappa shape index (κ2) is 10.5. The van der Waals surface area contributed by atoms with E-state index in [2.05, 4.69) is 184 Å². The first kappa shape index (κ1) is 28.1. The van der Waals surface area contributed by atoms with E-state index in [9.17, 15) is 0 Å². The zero-order valence-electron chi connectivity index (χ0n) is 27.7. The molecule has 1 aliphatic rings. The molecule has 230 valence electrons. The zero-order valence-corrected chi connectivity index (χ0v) is 27.7. The van der Waals surface area contributed by atoms with Crippen molar-refractivity contribution in [1.29, 1.82) is 0 Å². The Hall–Kier alpha value is -5.98. The fraction of sp³-hybridized carbons (Fsp3) is 0.0612. The Kier molecular flexibility index (Phi) is 6.02. The standard InChI is InChI=1S/C49H34/c1-49(2)46-29-33(31-12-4-3-5-13-31)24-26-42(46)43-27-25-34(30-47(43)49)36-18-10-20-39-38(36)19-11-21-40(39)45-28-35-23-22-32-14-6-7-15-37(32)48(35)44-17-9-8-16-41(44)45/h3-30H,1-2H3. The smallest absolute Gasteiger partial charge is 0.0159 e. The largest absolute Gasteiger partial charge is 0.0622 e. The zero-order chi connectivity index (χ0) is 32.7. The lowest BCUT2D eigenvalue weighted by molar-refractivity contribution is 0.661. The van der Waals surface area contributed by atoms with Crippen molar-refractivity contribution in [3.05, 3.63) is 181 Å². The topological polar surface area (TPSA) is 0 Å². The van der Waals surface area contributed by atoms with Gasteiger partial charge in [0, 0.05) is 5.41 Å². The summed E-state index contributed by atoms with van der Waals surface area (Å²) in [5.74, 6) is 0. The number of rotatable bonds is 3. The average molecular weight is 623 g/mol. The number of benzene rings is 9. The van der Waals surface area contributed by atoms with Crippen molar-refractivity contribution in [2.75, 3.05) is 0 Å². The van der Waals surface area contributed by atoms with E-state index < -0.39 is 0 Å². The Morgan fingerprint density at radius 1 is 0.306 bits per heavy atom. The van der Waals surface area contributed by atoms with Crippen LogP contribution in [0, 0.1) is 0 Å². The van der Waals surface area contributed by atoms with E-state index in [0.29, 0.717) is 0 Å². The van der Waals surface area contributed by atoms with Gasteiger partial charge in [-0.1, -0.05) is 166 Å². The van der Waals surface area contributed by atoms with Crippen LogP contribution in [-0.4, -0.2) is 0 Å². The third-order valence-corrected chi connectivity index (χ3v) is 11.1. The molecule has 0 saturated carbocycles. The molecule has 0 spiro atoms. The molecule has 0 radical (unpaired) electrons. The van der Waals surface area contributed by atoms with Crippen molar-refractivity contribution in [2.24, 2.45) is 0 Å². The maximum absolute atomic E-state index is 2.45. The van der Waals surface area contributed by atoms with Gasteiger partial charge in [0.25, 0.3) is 0 Å². The highest BCUT2D eigenvalue weighted by Crippen LogP contribution is 2.51. The summed E-state index contributed by atoms with van der Waals surface area (Å²) in [6, 6.07) is 63.1. The van der Waals surface area contributed by atoms with E-state index in [1.54, 1.807) is 0 Å². The molecule has 0 heterocycles. The van der Waals surface area contributed by atoms with Crippen LogP contribution in [0.5, 0.6) is 0 Å². The van der Waals surface area contributed by atoms with Gasteiger partial charge in [-0.15, -0.1) is 0 Å². The van der Waals surface area contributed by atoms with Gasteiger partial charge in [-0.2, -0.15) is 0 Å². The van der Waals surface area contributed by atoms with Gasteiger partial charge in [0.15, 0.2) is 0 Å². The second-order valence-corrected chi connectivity index (χ2v) is 14.1. The molecular formula is C49H34. The molecule has 0 fully saturated rings. The summed E-state index contributed by atoms with van der Waals surface area (Å²) < 4.78 is 0. The van der Waals surface area contributed by atoms with Crippen LogP contribution in [0.15, 0.2) is 170 Å². The minimum absolute atomic E-state index is 0.102. The van der Waals surface area contributed by atoms with Gasteiger partial charge in [0.2, 0.25) is 0 Å². The van der Waals surface area contributed by atoms with Crippen molar-refractivity contribution < 1.29 is 0 Å². The van der Waals surface area contributed by atoms with Crippen LogP contribution in [0.1, 0.15) is 25.0 Å². The summed E-state index contributed by atoms with van der Waals surface area (Å²) in [6.45, 7) is 4.76. The van der Waals surface area contributed by atoms with E-state index >= 15 is 0 Å². The fourth-order valence-corrected chi connectivity index (χ4v) is 8.61. The molecule has 0 nitrogen and oxygen atoms in total. The molecule has 9 aromatic carbocycles. The van der Waals surface area contributed by atoms with Gasteiger partial charge in [0.05, 0.1) is 0 Å². The van der Waals surface area contributed by atoms with Crippen LogP contribution >= 0.6 is 0 Å². The summed E-state index contributed by atoms with van der Waals surface area (Å²) in [4.78, 5) is 0. The van der Waals surface area contributed by atoms with Gasteiger partial charge in [-0.05, 0) is 117 Å². The molecule has 0 unspecified atom stereocenters. The minimum Gasteiger partial charge on any atom is -0.0622 e. The third kappa shape index (κ3) is 4.17. The normalized spacial score (nSPS) is 13.3. The molecule has 0 bridgehead atoms. The molecule has 0 heteroatoms. The van der Waals surface area contributed by atoms with Gasteiger partial charge in [-0.3, -0.25) is 0 Å². The van der Waals surface area contributed by atoms with Crippen molar-refractivity contribution in [3.8, 4) is 44.5 Å². The highest BCUT2D eigenvalue weighted by atomic mass is 14.4. The second-order valence-electron chi connectivity index (χ2n) is 14.1. The van der Waals surface area contributed by atoms with Gasteiger partial charge >= 0.3 is 0 Å². The fourth-order valence-electron chi connectivity index (χ4n) is 8.61. The molecule has 0 amide bonds. The Bertz CT molecular complexity index is 2780. The van der Waals surface area contributed by atoms with E-state index in [-0.39, 0.29) is 5.41 Å². The van der Waals surface area contributed by atoms with E-state index in [4.69, 9.17) is 0 Å². The van der Waals surface area contributed by atoms with Crippen LogP contribution in [0.25, 0.3) is 87.6 Å². The van der Waals surface area contributed by atoms with Crippen LogP contribution in [0.2, 0.25) is 0 Å². The predicted molar refractivity (Wildman–Crippen MR) is 210 cm³/mol. The summed E-state index contributed by atoms with van der Waals surface area (Å²) >= 11 is 0. The van der Waals surface area contributed by atoms with Crippen molar-refractivity contribution in [2.45, 2.75) is 19.3 Å². The Labute approximate surface area is 286 Å². The molecule has 0 aromatic heterocycles. The SMILES string of the molecule is CC1(C)c2cc(-c3ccccc3)ccc2-c2ccc(-c3cccc4c(-c5cc6ccc7ccccc7c6c6ccccc56)cccc34)cc21. The lowest BCUT2D eigenvalue weighted by Gasteiger charge is -2.23. The Morgan fingerprint density at radius 2 is 0.857 bits per heavy atom. The molecular weight excluding hydrogens is 589 g/mol. The van der Waals surface area contributed by atoms with Crippen LogP contribution < -0.4 is 0 Å². The summed E-state index contributed by atoms with van der Waals surface area (Å²) in [6.07, 6.45) is 0. The third-order valence-electron chi connectivity index (χ3n) is 11.1. The molecule has 0 N–H and O–H groups in total. The quantitative estimate of drug-likeness (QED) is 0.172. The van der Waals surface area contributed by atoms with Gasteiger partial charge in [0.1, 0.15) is 0 Å². The van der Waals surface area contributed by atoms with Crippen molar-refractivity contribution >= 4 is 43.1 Å². The summed E-state index contributed by atoms with van der Waals surface area (Å²) in [7, 11) is 0. The Morgan fingerprint density at radius 3 is 1.63 bits per heavy atom. The monoisotopic (exact) mass is 622 g/mol. The molecule has 0 atom stereocenters. The lowest BCUT2D eigenvalue weighted by Crippen LogP contribution is -2.15. The van der Waals surface area contributed by atoms with Crippen molar-refractivity contribution in [1.82, 2.24) is 0 Å². The Balaban J connectivity index is 1.13. The molecule has 1 aliphatic carbocycles. The maximum atomic E-state index is 2.45. The highest BCUT2D eigenvalue weighted by Gasteiger charge is 2.36. The molecule has 0 saturated heterocycles. The molecule has 10 rings (SSSR count). The van der Waals surface area contributed by atoms with E-state index in [1.807, 2.05) is 0 Å². The number of hydrogen-bond donors (Lipinski definition) is 0. The first-order valence-electron chi connectivity index (χ1n) is 17.3. The minimum atomic E-state index is -0.102. The van der Waals surface area contributed by atoms with Crippen LogP contribution in [-0.2, 0) is 5.41 Å². The van der Waals surface area contributed by atoms with Crippen molar-refractivity contribution in [3.63, 3.8) is 0 Å². The van der Waals surface area contributed by atoms with Gasteiger partial charge in [-0.25, -0.2) is 0 Å². The molecule has 9 aromatic rings. The maximum Gasteiger partial charge on any atom is 0.0159 e. The summed E-state index contributed by atoms with van der Waals surface area (Å²) in [5, 5.41) is 10.3. The first-order chi connectivity index (χ1) is 24.1. The lowest BCUT2D eigenvalue weighted by atomic mass is 9.80. The summed E-state index contributed by atoms with van der Waals surface area (Å²) in [5.41, 5.74) is 13.0. The first-order valence-corrected chi connectivity index (χ1v) is 17.3. The predicted octanol–water partition coefficient (Wildman–Crippen LogP) is 13.6. The van der Waals surface area contributed by atoms with E-state index in [0.717, 1.165) is 0 Å². The molecule has 0 aliphatic heterocycles. The van der Waals surface area contributed by atoms with Crippen LogP contribution in [0.3, 0.4) is 0 Å². The van der Waals surface area contributed by atoms with Crippen LogP contribution in [0.4, 0.5) is 0 Å². The highest BCUT2D eigenvalue weighted by molar-refractivity contribution is 6.24.